The highest BCUT2D eigenvalue weighted by atomic mass is 35.5. The number of nitrogens with one attached hydrogen (secondary N) is 1. The molecular formula is C18H14Cl2N4O. The van der Waals surface area contributed by atoms with Crippen molar-refractivity contribution in [1.82, 2.24) is 14.8 Å². The molecule has 2 aromatic carbocycles. The SMILES string of the molecule is COc1ccc(C2=CC(c3c(Cl)cccc3Cl)n3ncnc3N2)cc1. The van der Waals surface area contributed by atoms with Crippen molar-refractivity contribution < 1.29 is 4.74 Å². The zero-order chi connectivity index (χ0) is 17.4. The number of rotatable bonds is 3. The minimum Gasteiger partial charge on any atom is -0.497 e. The fraction of sp³-hybridized carbons (Fsp3) is 0.111. The van der Waals surface area contributed by atoms with Crippen LogP contribution in [-0.4, -0.2) is 21.9 Å². The molecule has 0 radical (unpaired) electrons. The second-order valence-electron chi connectivity index (χ2n) is 5.54. The third-order valence-electron chi connectivity index (χ3n) is 4.10. The highest BCUT2D eigenvalue weighted by Crippen LogP contribution is 2.38. The van der Waals surface area contributed by atoms with Gasteiger partial charge in [-0.25, -0.2) is 4.68 Å². The fourth-order valence-corrected chi connectivity index (χ4v) is 3.49. The first-order valence-corrected chi connectivity index (χ1v) is 8.39. The molecule has 126 valence electrons. The summed E-state index contributed by atoms with van der Waals surface area (Å²) in [5.74, 6) is 1.43. The van der Waals surface area contributed by atoms with E-state index in [2.05, 4.69) is 15.4 Å². The lowest BCUT2D eigenvalue weighted by Crippen LogP contribution is -2.20. The average Bonchev–Trinajstić information content (AvgIpc) is 3.10. The molecule has 5 nitrogen and oxygen atoms in total. The van der Waals surface area contributed by atoms with E-state index in [-0.39, 0.29) is 6.04 Å². The lowest BCUT2D eigenvalue weighted by atomic mass is 10.0. The summed E-state index contributed by atoms with van der Waals surface area (Å²) in [6, 6.07) is 13.0. The Kier molecular flexibility index (Phi) is 4.11. The number of methoxy groups -OCH3 is 1. The molecule has 1 N–H and O–H groups in total. The van der Waals surface area contributed by atoms with Crippen molar-refractivity contribution in [3.63, 3.8) is 0 Å². The van der Waals surface area contributed by atoms with E-state index in [1.54, 1.807) is 11.8 Å². The maximum absolute atomic E-state index is 6.42. The van der Waals surface area contributed by atoms with Crippen molar-refractivity contribution in [2.45, 2.75) is 6.04 Å². The Morgan fingerprint density at radius 3 is 2.48 bits per heavy atom. The van der Waals surface area contributed by atoms with E-state index in [9.17, 15) is 0 Å². The Labute approximate surface area is 154 Å². The Balaban J connectivity index is 1.83. The Morgan fingerprint density at radius 1 is 1.08 bits per heavy atom. The molecule has 0 amide bonds. The number of fused-ring (bicyclic) bond motifs is 1. The van der Waals surface area contributed by atoms with Crippen molar-refractivity contribution in [3.8, 4) is 5.75 Å². The van der Waals surface area contributed by atoms with Crippen LogP contribution in [0.4, 0.5) is 5.95 Å². The maximum Gasteiger partial charge on any atom is 0.226 e. The molecular weight excluding hydrogens is 359 g/mol. The van der Waals surface area contributed by atoms with E-state index in [1.807, 2.05) is 48.5 Å². The minimum atomic E-state index is -0.253. The summed E-state index contributed by atoms with van der Waals surface area (Å²) in [7, 11) is 1.64. The smallest absolute Gasteiger partial charge is 0.226 e. The quantitative estimate of drug-likeness (QED) is 0.726. The number of aromatic nitrogens is 3. The van der Waals surface area contributed by atoms with Crippen LogP contribution in [-0.2, 0) is 0 Å². The fourth-order valence-electron chi connectivity index (χ4n) is 2.87. The number of hydrogen-bond acceptors (Lipinski definition) is 4. The van der Waals surface area contributed by atoms with Gasteiger partial charge in [0.2, 0.25) is 5.95 Å². The Hall–Kier alpha value is -2.50. The normalized spacial score (nSPS) is 16.0. The van der Waals surface area contributed by atoms with Gasteiger partial charge < -0.3 is 10.1 Å². The summed E-state index contributed by atoms with van der Waals surface area (Å²) < 4.78 is 6.99. The van der Waals surface area contributed by atoms with Crippen LogP contribution in [0.15, 0.2) is 54.9 Å². The van der Waals surface area contributed by atoms with Crippen molar-refractivity contribution >= 4 is 34.8 Å². The van der Waals surface area contributed by atoms with E-state index in [0.29, 0.717) is 16.0 Å². The predicted molar refractivity (Wildman–Crippen MR) is 99.2 cm³/mol. The van der Waals surface area contributed by atoms with Crippen molar-refractivity contribution in [2.75, 3.05) is 12.4 Å². The number of halogens is 2. The summed E-state index contributed by atoms with van der Waals surface area (Å²) in [6.07, 6.45) is 3.54. The summed E-state index contributed by atoms with van der Waals surface area (Å²) >= 11 is 12.8. The lowest BCUT2D eigenvalue weighted by molar-refractivity contribution is 0.415. The van der Waals surface area contributed by atoms with Crippen LogP contribution in [0, 0.1) is 0 Å². The van der Waals surface area contributed by atoms with Gasteiger partial charge in [0.25, 0.3) is 0 Å². The van der Waals surface area contributed by atoms with Gasteiger partial charge in [0.05, 0.1) is 7.11 Å². The Morgan fingerprint density at radius 2 is 1.80 bits per heavy atom. The van der Waals surface area contributed by atoms with Crippen LogP contribution in [0.1, 0.15) is 17.2 Å². The number of anilines is 1. The van der Waals surface area contributed by atoms with Crippen LogP contribution in [0.3, 0.4) is 0 Å². The number of hydrogen-bond donors (Lipinski definition) is 1. The standard InChI is InChI=1S/C18H14Cl2N4O/c1-25-12-7-5-11(6-8-12)15-9-16(24-18(23-15)21-10-22-24)17-13(19)3-2-4-14(17)20/h2-10,16H,1H3,(H,21,22,23). The van der Waals surface area contributed by atoms with Gasteiger partial charge in [0.15, 0.2) is 0 Å². The number of ether oxygens (including phenoxy) is 1. The molecule has 3 aromatic rings. The molecule has 0 saturated carbocycles. The van der Waals surface area contributed by atoms with Crippen LogP contribution in [0.5, 0.6) is 5.75 Å². The third kappa shape index (κ3) is 2.86. The second-order valence-corrected chi connectivity index (χ2v) is 6.36. The highest BCUT2D eigenvalue weighted by Gasteiger charge is 2.26. The van der Waals surface area contributed by atoms with Crippen molar-refractivity contribution in [2.24, 2.45) is 0 Å². The number of allylic oxidation sites excluding steroid dienone is 1. The predicted octanol–water partition coefficient (Wildman–Crippen LogP) is 4.65. The number of nitrogens with zero attached hydrogens (tertiary/aromatic N) is 3. The van der Waals surface area contributed by atoms with E-state index in [1.165, 1.54) is 6.33 Å². The van der Waals surface area contributed by atoms with E-state index in [4.69, 9.17) is 27.9 Å². The summed E-state index contributed by atoms with van der Waals surface area (Å²) in [5, 5.41) is 8.78. The molecule has 1 unspecified atom stereocenters. The summed E-state index contributed by atoms with van der Waals surface area (Å²) in [5.41, 5.74) is 2.71. The summed E-state index contributed by atoms with van der Waals surface area (Å²) in [6.45, 7) is 0. The molecule has 0 saturated heterocycles. The molecule has 0 spiro atoms. The van der Waals surface area contributed by atoms with Crippen LogP contribution < -0.4 is 10.1 Å². The molecule has 0 aliphatic carbocycles. The first-order valence-electron chi connectivity index (χ1n) is 7.64. The van der Waals surface area contributed by atoms with Crippen LogP contribution in [0.25, 0.3) is 5.70 Å². The minimum absolute atomic E-state index is 0.253. The van der Waals surface area contributed by atoms with Crippen LogP contribution >= 0.6 is 23.2 Å². The van der Waals surface area contributed by atoms with Crippen LogP contribution in [0.2, 0.25) is 10.0 Å². The zero-order valence-corrected chi connectivity index (χ0v) is 14.8. The van der Waals surface area contributed by atoms with Gasteiger partial charge in [-0.1, -0.05) is 29.3 Å². The average molecular weight is 373 g/mol. The molecule has 7 heteroatoms. The Bertz CT molecular complexity index is 930. The number of benzene rings is 2. The topological polar surface area (TPSA) is 52.0 Å². The molecule has 1 atom stereocenters. The molecule has 0 bridgehead atoms. The first kappa shape index (κ1) is 16.0. The first-order chi connectivity index (χ1) is 12.2. The monoisotopic (exact) mass is 372 g/mol. The van der Waals surface area contributed by atoms with Crippen molar-refractivity contribution in [1.29, 1.82) is 0 Å². The van der Waals surface area contributed by atoms with Gasteiger partial charge >= 0.3 is 0 Å². The van der Waals surface area contributed by atoms with Crippen molar-refractivity contribution in [3.05, 3.63) is 76.0 Å². The maximum atomic E-state index is 6.42. The molecule has 0 fully saturated rings. The van der Waals surface area contributed by atoms with Gasteiger partial charge in [-0.3, -0.25) is 0 Å². The van der Waals surface area contributed by atoms with E-state index < -0.39 is 0 Å². The van der Waals surface area contributed by atoms with Gasteiger partial charge in [0.1, 0.15) is 18.1 Å². The highest BCUT2D eigenvalue weighted by molar-refractivity contribution is 6.36. The molecule has 25 heavy (non-hydrogen) atoms. The second kappa shape index (κ2) is 6.43. The summed E-state index contributed by atoms with van der Waals surface area (Å²) in [4.78, 5) is 4.29. The molecule has 1 aliphatic heterocycles. The largest absolute Gasteiger partial charge is 0.497 e. The van der Waals surface area contributed by atoms with Gasteiger partial charge in [0, 0.05) is 21.3 Å². The lowest BCUT2D eigenvalue weighted by Gasteiger charge is -2.25. The van der Waals surface area contributed by atoms with Gasteiger partial charge in [-0.05, 0) is 48.0 Å². The zero-order valence-electron chi connectivity index (χ0n) is 13.3. The molecule has 4 rings (SSSR count). The van der Waals surface area contributed by atoms with Gasteiger partial charge in [-0.15, -0.1) is 0 Å². The van der Waals surface area contributed by atoms with E-state index >= 15 is 0 Å². The third-order valence-corrected chi connectivity index (χ3v) is 4.76. The molecule has 2 heterocycles. The molecule has 1 aromatic heterocycles. The van der Waals surface area contributed by atoms with Gasteiger partial charge in [-0.2, -0.15) is 10.1 Å². The molecule has 1 aliphatic rings. The van der Waals surface area contributed by atoms with E-state index in [0.717, 1.165) is 22.6 Å².